The summed E-state index contributed by atoms with van der Waals surface area (Å²) in [5, 5.41) is 2.37. The number of halogens is 1. The molecule has 2 heterocycles. The monoisotopic (exact) mass is 259 g/mol. The molecular formula is C11H14ClNO2S. The molecule has 16 heavy (non-hydrogen) atoms. The Morgan fingerprint density at radius 3 is 2.81 bits per heavy atom. The molecule has 1 fully saturated rings. The fourth-order valence-electron chi connectivity index (χ4n) is 1.81. The lowest BCUT2D eigenvalue weighted by atomic mass is 9.88. The molecule has 1 aromatic heterocycles. The Morgan fingerprint density at radius 2 is 2.38 bits per heavy atom. The van der Waals surface area contributed by atoms with Crippen molar-refractivity contribution >= 4 is 28.8 Å². The highest BCUT2D eigenvalue weighted by atomic mass is 35.5. The Morgan fingerprint density at radius 1 is 1.69 bits per heavy atom. The van der Waals surface area contributed by atoms with Gasteiger partial charge in [-0.3, -0.25) is 4.79 Å². The molecule has 1 aliphatic heterocycles. The summed E-state index contributed by atoms with van der Waals surface area (Å²) >= 11 is 7.32. The number of nitrogens with zero attached hydrogens (tertiary/aromatic N) is 1. The van der Waals surface area contributed by atoms with E-state index in [9.17, 15) is 4.79 Å². The first-order valence-corrected chi connectivity index (χ1v) is 6.34. The zero-order chi connectivity index (χ0) is 11.8. The SMILES string of the molecule is CN(CC1(C)COC1)C(=O)c1sccc1Cl. The van der Waals surface area contributed by atoms with Gasteiger partial charge >= 0.3 is 0 Å². The lowest BCUT2D eigenvalue weighted by Crippen LogP contribution is -2.49. The van der Waals surface area contributed by atoms with E-state index in [1.807, 2.05) is 12.4 Å². The molecule has 0 N–H and O–H groups in total. The molecule has 0 aliphatic carbocycles. The van der Waals surface area contributed by atoms with Crippen LogP contribution in [0.15, 0.2) is 11.4 Å². The number of carbonyl (C=O) groups is 1. The van der Waals surface area contributed by atoms with Crippen molar-refractivity contribution in [3.05, 3.63) is 21.3 Å². The molecule has 0 saturated carbocycles. The van der Waals surface area contributed by atoms with Crippen LogP contribution in [0.25, 0.3) is 0 Å². The second-order valence-electron chi connectivity index (χ2n) is 4.56. The molecule has 0 atom stereocenters. The Hall–Kier alpha value is -0.580. The van der Waals surface area contributed by atoms with Crippen molar-refractivity contribution in [2.24, 2.45) is 5.41 Å². The van der Waals surface area contributed by atoms with Gasteiger partial charge in [-0.05, 0) is 11.4 Å². The van der Waals surface area contributed by atoms with Gasteiger partial charge in [-0.15, -0.1) is 11.3 Å². The summed E-state index contributed by atoms with van der Waals surface area (Å²) in [7, 11) is 1.81. The highest BCUT2D eigenvalue weighted by Gasteiger charge is 2.36. The van der Waals surface area contributed by atoms with Crippen LogP contribution in [0, 0.1) is 5.41 Å². The summed E-state index contributed by atoms with van der Waals surface area (Å²) < 4.78 is 5.17. The minimum absolute atomic E-state index is 0.00637. The third kappa shape index (κ3) is 2.24. The van der Waals surface area contributed by atoms with Crippen molar-refractivity contribution in [1.29, 1.82) is 0 Å². The summed E-state index contributed by atoms with van der Waals surface area (Å²) in [6, 6.07) is 1.75. The third-order valence-electron chi connectivity index (χ3n) is 2.68. The van der Waals surface area contributed by atoms with E-state index in [4.69, 9.17) is 16.3 Å². The molecule has 1 aliphatic rings. The van der Waals surface area contributed by atoms with E-state index in [0.29, 0.717) is 16.4 Å². The normalized spacial score (nSPS) is 17.9. The maximum Gasteiger partial charge on any atom is 0.265 e. The van der Waals surface area contributed by atoms with Crippen LogP contribution < -0.4 is 0 Å². The minimum atomic E-state index is -0.00637. The van der Waals surface area contributed by atoms with Gasteiger partial charge in [-0.2, -0.15) is 0 Å². The molecule has 3 nitrogen and oxygen atoms in total. The van der Waals surface area contributed by atoms with Crippen LogP contribution in [-0.4, -0.2) is 37.6 Å². The van der Waals surface area contributed by atoms with Crippen molar-refractivity contribution < 1.29 is 9.53 Å². The molecular weight excluding hydrogens is 246 g/mol. The van der Waals surface area contributed by atoms with Crippen LogP contribution >= 0.6 is 22.9 Å². The second kappa shape index (κ2) is 4.35. The van der Waals surface area contributed by atoms with Crippen molar-refractivity contribution in [2.45, 2.75) is 6.92 Å². The molecule has 0 spiro atoms. The molecule has 0 unspecified atom stereocenters. The standard InChI is InChI=1S/C11H14ClNO2S/c1-11(6-15-7-11)5-13(2)10(14)9-8(12)3-4-16-9/h3-4H,5-7H2,1-2H3. The first kappa shape index (κ1) is 11.9. The highest BCUT2D eigenvalue weighted by molar-refractivity contribution is 7.12. The van der Waals surface area contributed by atoms with Crippen molar-refractivity contribution in [3.63, 3.8) is 0 Å². The lowest BCUT2D eigenvalue weighted by molar-refractivity contribution is -0.109. The van der Waals surface area contributed by atoms with Crippen LogP contribution in [0.1, 0.15) is 16.6 Å². The Kier molecular flexibility index (Phi) is 3.24. The van der Waals surface area contributed by atoms with E-state index in [1.54, 1.807) is 11.0 Å². The van der Waals surface area contributed by atoms with E-state index >= 15 is 0 Å². The zero-order valence-corrected chi connectivity index (χ0v) is 10.9. The summed E-state index contributed by atoms with van der Waals surface area (Å²) in [6.45, 7) is 4.28. The van der Waals surface area contributed by atoms with Gasteiger partial charge in [0.05, 0.1) is 18.2 Å². The average Bonchev–Trinajstić information content (AvgIpc) is 2.61. The van der Waals surface area contributed by atoms with E-state index in [-0.39, 0.29) is 11.3 Å². The highest BCUT2D eigenvalue weighted by Crippen LogP contribution is 2.29. The number of rotatable bonds is 3. The van der Waals surface area contributed by atoms with Gasteiger partial charge in [-0.1, -0.05) is 18.5 Å². The van der Waals surface area contributed by atoms with Gasteiger partial charge in [0.15, 0.2) is 0 Å². The first-order chi connectivity index (χ1) is 7.52. The molecule has 5 heteroatoms. The number of amides is 1. The molecule has 0 radical (unpaired) electrons. The molecule has 1 amide bonds. The van der Waals surface area contributed by atoms with Gasteiger partial charge < -0.3 is 9.64 Å². The Bertz CT molecular complexity index is 400. The Labute approximate surface area is 104 Å². The fourth-order valence-corrected chi connectivity index (χ4v) is 2.94. The van der Waals surface area contributed by atoms with E-state index in [1.165, 1.54) is 11.3 Å². The van der Waals surface area contributed by atoms with Gasteiger partial charge in [0, 0.05) is 19.0 Å². The maximum atomic E-state index is 12.1. The van der Waals surface area contributed by atoms with Crippen molar-refractivity contribution in [1.82, 2.24) is 4.90 Å². The van der Waals surface area contributed by atoms with Crippen LogP contribution in [0.3, 0.4) is 0 Å². The topological polar surface area (TPSA) is 29.5 Å². The summed E-state index contributed by atoms with van der Waals surface area (Å²) in [4.78, 5) is 14.4. The summed E-state index contributed by atoms with van der Waals surface area (Å²) in [5.74, 6) is -0.00637. The third-order valence-corrected chi connectivity index (χ3v) is 4.01. The molecule has 0 aromatic carbocycles. The van der Waals surface area contributed by atoms with Gasteiger partial charge in [0.1, 0.15) is 4.88 Å². The lowest BCUT2D eigenvalue weighted by Gasteiger charge is -2.40. The Balaban J connectivity index is 2.02. The predicted molar refractivity (Wildman–Crippen MR) is 65.2 cm³/mol. The van der Waals surface area contributed by atoms with Crippen molar-refractivity contribution in [2.75, 3.05) is 26.8 Å². The largest absolute Gasteiger partial charge is 0.380 e. The quantitative estimate of drug-likeness (QED) is 0.835. The minimum Gasteiger partial charge on any atom is -0.380 e. The summed E-state index contributed by atoms with van der Waals surface area (Å²) in [6.07, 6.45) is 0. The van der Waals surface area contributed by atoms with E-state index in [0.717, 1.165) is 13.2 Å². The number of hydrogen-bond acceptors (Lipinski definition) is 3. The molecule has 88 valence electrons. The number of ether oxygens (including phenoxy) is 1. The van der Waals surface area contributed by atoms with Crippen LogP contribution in [0.5, 0.6) is 0 Å². The fraction of sp³-hybridized carbons (Fsp3) is 0.545. The van der Waals surface area contributed by atoms with Gasteiger partial charge in [0.2, 0.25) is 0 Å². The van der Waals surface area contributed by atoms with Crippen molar-refractivity contribution in [3.8, 4) is 0 Å². The molecule has 1 aromatic rings. The van der Waals surface area contributed by atoms with Crippen LogP contribution in [0.2, 0.25) is 5.02 Å². The number of hydrogen-bond donors (Lipinski definition) is 0. The zero-order valence-electron chi connectivity index (χ0n) is 9.33. The first-order valence-electron chi connectivity index (χ1n) is 5.08. The number of thiophene rings is 1. The van der Waals surface area contributed by atoms with E-state index < -0.39 is 0 Å². The molecule has 2 rings (SSSR count). The van der Waals surface area contributed by atoms with Gasteiger partial charge in [0.25, 0.3) is 5.91 Å². The molecule has 0 bridgehead atoms. The smallest absolute Gasteiger partial charge is 0.265 e. The average molecular weight is 260 g/mol. The van der Waals surface area contributed by atoms with E-state index in [2.05, 4.69) is 6.92 Å². The van der Waals surface area contributed by atoms with Gasteiger partial charge in [-0.25, -0.2) is 0 Å². The summed E-state index contributed by atoms with van der Waals surface area (Å²) in [5.41, 5.74) is 0.105. The van der Waals surface area contributed by atoms with Crippen LogP contribution in [-0.2, 0) is 4.74 Å². The number of carbonyl (C=O) groups excluding carboxylic acids is 1. The molecule has 1 saturated heterocycles. The van der Waals surface area contributed by atoms with Crippen LogP contribution in [0.4, 0.5) is 0 Å². The predicted octanol–water partition coefficient (Wildman–Crippen LogP) is 2.51. The maximum absolute atomic E-state index is 12.1. The second-order valence-corrected chi connectivity index (χ2v) is 5.89.